The van der Waals surface area contributed by atoms with E-state index in [1.807, 2.05) is 4.90 Å². The first-order chi connectivity index (χ1) is 10.3. The molecule has 1 aliphatic rings. The molecule has 5 nitrogen and oxygen atoms in total. The van der Waals surface area contributed by atoms with E-state index >= 15 is 0 Å². The van der Waals surface area contributed by atoms with E-state index in [-0.39, 0.29) is 12.5 Å². The number of hydrogen-bond acceptors (Lipinski definition) is 4. The molecule has 0 aromatic carbocycles. The standard InChI is InChI=1S/C13H16ClF3N4O/c14-10-1-2-11(18-7-10)19-12(22)8-20-3-5-21(6-4-20)9-13(15,16)17/h1-2,7H,3-6,8-9H2,(H,18,19,22). The number of aromatic nitrogens is 1. The Morgan fingerprint density at radius 2 is 1.86 bits per heavy atom. The van der Waals surface area contributed by atoms with Crippen molar-refractivity contribution < 1.29 is 18.0 Å². The molecule has 1 aliphatic heterocycles. The number of halogens is 4. The van der Waals surface area contributed by atoms with Gasteiger partial charge in [-0.05, 0) is 12.1 Å². The fourth-order valence-electron chi connectivity index (χ4n) is 2.19. The summed E-state index contributed by atoms with van der Waals surface area (Å²) in [5.41, 5.74) is 0. The minimum absolute atomic E-state index is 0.129. The quantitative estimate of drug-likeness (QED) is 0.911. The van der Waals surface area contributed by atoms with Crippen molar-refractivity contribution in [2.75, 3.05) is 44.6 Å². The van der Waals surface area contributed by atoms with Crippen LogP contribution in [-0.4, -0.2) is 66.1 Å². The number of anilines is 1. The molecule has 2 heterocycles. The number of rotatable bonds is 4. The van der Waals surface area contributed by atoms with Crippen LogP contribution in [0.3, 0.4) is 0 Å². The number of pyridine rings is 1. The van der Waals surface area contributed by atoms with Crippen LogP contribution in [0.5, 0.6) is 0 Å². The van der Waals surface area contributed by atoms with E-state index in [1.54, 1.807) is 12.1 Å². The molecule has 0 radical (unpaired) electrons. The van der Waals surface area contributed by atoms with Gasteiger partial charge in [-0.3, -0.25) is 14.6 Å². The molecule has 0 unspecified atom stereocenters. The molecule has 2 rings (SSSR count). The van der Waals surface area contributed by atoms with Crippen LogP contribution in [-0.2, 0) is 4.79 Å². The number of nitrogens with one attached hydrogen (secondary N) is 1. The predicted octanol–water partition coefficient (Wildman–Crippen LogP) is 1.85. The maximum absolute atomic E-state index is 12.3. The molecular weight excluding hydrogens is 321 g/mol. The van der Waals surface area contributed by atoms with Gasteiger partial charge in [0.2, 0.25) is 5.91 Å². The van der Waals surface area contributed by atoms with Gasteiger partial charge in [-0.2, -0.15) is 13.2 Å². The second kappa shape index (κ2) is 7.26. The second-order valence-electron chi connectivity index (χ2n) is 5.08. The molecule has 1 fully saturated rings. The van der Waals surface area contributed by atoms with Crippen LogP contribution in [0.2, 0.25) is 5.02 Å². The van der Waals surface area contributed by atoms with Gasteiger partial charge in [-0.1, -0.05) is 11.6 Å². The first-order valence-electron chi connectivity index (χ1n) is 6.75. The van der Waals surface area contributed by atoms with Gasteiger partial charge >= 0.3 is 6.18 Å². The Balaban J connectivity index is 1.73. The average Bonchev–Trinajstić information content (AvgIpc) is 2.42. The van der Waals surface area contributed by atoms with Gasteiger partial charge in [0.05, 0.1) is 18.1 Å². The zero-order chi connectivity index (χ0) is 16.2. The molecule has 1 aromatic heterocycles. The smallest absolute Gasteiger partial charge is 0.310 e. The molecule has 0 bridgehead atoms. The second-order valence-corrected chi connectivity index (χ2v) is 5.51. The van der Waals surface area contributed by atoms with E-state index < -0.39 is 12.7 Å². The summed E-state index contributed by atoms with van der Waals surface area (Å²) in [7, 11) is 0. The summed E-state index contributed by atoms with van der Waals surface area (Å²) < 4.78 is 36.8. The van der Waals surface area contributed by atoms with E-state index in [9.17, 15) is 18.0 Å². The minimum Gasteiger partial charge on any atom is -0.310 e. The first-order valence-corrected chi connectivity index (χ1v) is 7.12. The van der Waals surface area contributed by atoms with Crippen molar-refractivity contribution in [3.63, 3.8) is 0 Å². The summed E-state index contributed by atoms with van der Waals surface area (Å²) in [5, 5.41) is 3.09. The van der Waals surface area contributed by atoms with Crippen molar-refractivity contribution in [3.05, 3.63) is 23.4 Å². The molecule has 0 aliphatic carbocycles. The number of alkyl halides is 3. The van der Waals surface area contributed by atoms with Gasteiger partial charge in [0, 0.05) is 32.4 Å². The van der Waals surface area contributed by atoms with Crippen molar-refractivity contribution in [1.29, 1.82) is 0 Å². The van der Waals surface area contributed by atoms with Crippen LogP contribution in [0.25, 0.3) is 0 Å². The minimum atomic E-state index is -4.18. The highest BCUT2D eigenvalue weighted by molar-refractivity contribution is 6.30. The fraction of sp³-hybridized carbons (Fsp3) is 0.538. The summed E-state index contributed by atoms with van der Waals surface area (Å²) in [6.07, 6.45) is -2.76. The molecular formula is C13H16ClF3N4O. The summed E-state index contributed by atoms with van der Waals surface area (Å²) in [6.45, 7) is 0.680. The highest BCUT2D eigenvalue weighted by Crippen LogP contribution is 2.17. The summed E-state index contributed by atoms with van der Waals surface area (Å²) in [5.74, 6) is 0.143. The van der Waals surface area contributed by atoms with E-state index in [0.717, 1.165) is 0 Å². The van der Waals surface area contributed by atoms with Gasteiger partial charge in [0.1, 0.15) is 5.82 Å². The van der Waals surface area contributed by atoms with Crippen LogP contribution in [0.1, 0.15) is 0 Å². The maximum Gasteiger partial charge on any atom is 0.401 e. The van der Waals surface area contributed by atoms with E-state index in [2.05, 4.69) is 10.3 Å². The monoisotopic (exact) mass is 336 g/mol. The van der Waals surface area contributed by atoms with E-state index in [4.69, 9.17) is 11.6 Å². The van der Waals surface area contributed by atoms with Crippen molar-refractivity contribution in [2.24, 2.45) is 0 Å². The SMILES string of the molecule is O=C(CN1CCN(CC(F)(F)F)CC1)Nc1ccc(Cl)cn1. The van der Waals surface area contributed by atoms with E-state index in [1.165, 1.54) is 11.1 Å². The normalized spacial score (nSPS) is 17.5. The van der Waals surface area contributed by atoms with Crippen LogP contribution in [0.4, 0.5) is 19.0 Å². The Kier molecular flexibility index (Phi) is 5.60. The Labute approximate surface area is 131 Å². The number of amides is 1. The molecule has 1 aromatic rings. The molecule has 22 heavy (non-hydrogen) atoms. The number of carbonyl (C=O) groups is 1. The van der Waals surface area contributed by atoms with Crippen molar-refractivity contribution in [3.8, 4) is 0 Å². The van der Waals surface area contributed by atoms with Crippen LogP contribution >= 0.6 is 11.6 Å². The third kappa shape index (κ3) is 5.78. The Morgan fingerprint density at radius 1 is 1.23 bits per heavy atom. The molecule has 1 N–H and O–H groups in total. The average molecular weight is 337 g/mol. The van der Waals surface area contributed by atoms with E-state index in [0.29, 0.717) is 37.0 Å². The lowest BCUT2D eigenvalue weighted by atomic mass is 10.3. The lowest BCUT2D eigenvalue weighted by Gasteiger charge is -2.34. The van der Waals surface area contributed by atoms with Crippen LogP contribution in [0.15, 0.2) is 18.3 Å². The zero-order valence-corrected chi connectivity index (χ0v) is 12.5. The largest absolute Gasteiger partial charge is 0.401 e. The Morgan fingerprint density at radius 3 is 2.41 bits per heavy atom. The molecule has 1 saturated heterocycles. The topological polar surface area (TPSA) is 48.5 Å². The molecule has 0 atom stereocenters. The van der Waals surface area contributed by atoms with Gasteiger partial charge in [0.15, 0.2) is 0 Å². The summed E-state index contributed by atoms with van der Waals surface area (Å²) >= 11 is 5.70. The third-order valence-corrected chi connectivity index (χ3v) is 3.45. The number of piperazine rings is 1. The van der Waals surface area contributed by atoms with Gasteiger partial charge < -0.3 is 5.32 Å². The first kappa shape index (κ1) is 17.0. The molecule has 1 amide bonds. The van der Waals surface area contributed by atoms with Crippen LogP contribution < -0.4 is 5.32 Å². The van der Waals surface area contributed by atoms with Crippen molar-refractivity contribution in [1.82, 2.24) is 14.8 Å². The lowest BCUT2D eigenvalue weighted by Crippen LogP contribution is -2.50. The Hall–Kier alpha value is -1.38. The van der Waals surface area contributed by atoms with Gasteiger partial charge in [-0.15, -0.1) is 0 Å². The molecule has 9 heteroatoms. The molecule has 0 saturated carbocycles. The predicted molar refractivity (Wildman–Crippen MR) is 76.8 cm³/mol. The maximum atomic E-state index is 12.3. The summed E-state index contributed by atoms with van der Waals surface area (Å²) in [6, 6.07) is 3.20. The van der Waals surface area contributed by atoms with Crippen molar-refractivity contribution in [2.45, 2.75) is 6.18 Å². The molecule has 122 valence electrons. The highest BCUT2D eigenvalue weighted by Gasteiger charge is 2.32. The van der Waals surface area contributed by atoms with Crippen molar-refractivity contribution >= 4 is 23.3 Å². The number of nitrogens with zero attached hydrogens (tertiary/aromatic N) is 3. The van der Waals surface area contributed by atoms with Crippen LogP contribution in [0, 0.1) is 0 Å². The zero-order valence-electron chi connectivity index (χ0n) is 11.7. The third-order valence-electron chi connectivity index (χ3n) is 3.23. The Bertz CT molecular complexity index is 501. The molecule has 0 spiro atoms. The van der Waals surface area contributed by atoms with Gasteiger partial charge in [-0.25, -0.2) is 4.98 Å². The van der Waals surface area contributed by atoms with Gasteiger partial charge in [0.25, 0.3) is 0 Å². The highest BCUT2D eigenvalue weighted by atomic mass is 35.5. The number of carbonyl (C=O) groups excluding carboxylic acids is 1. The summed E-state index contributed by atoms with van der Waals surface area (Å²) in [4.78, 5) is 19.0. The lowest BCUT2D eigenvalue weighted by molar-refractivity contribution is -0.149. The number of hydrogen-bond donors (Lipinski definition) is 1. The fourth-order valence-corrected chi connectivity index (χ4v) is 2.31.